The first-order chi connectivity index (χ1) is 9.60. The number of ether oxygens (including phenoxy) is 3. The summed E-state index contributed by atoms with van der Waals surface area (Å²) >= 11 is 0. The Labute approximate surface area is 125 Å². The van der Waals surface area contributed by atoms with Crippen molar-refractivity contribution in [2.45, 2.75) is 65.6 Å². The van der Waals surface area contributed by atoms with E-state index in [1.807, 2.05) is 6.92 Å². The van der Waals surface area contributed by atoms with Gasteiger partial charge in [-0.15, -0.1) is 0 Å². The minimum absolute atomic E-state index is 0.343. The highest BCUT2D eigenvalue weighted by Crippen LogP contribution is 2.26. The monoisotopic (exact) mass is 300 g/mol. The topological polar surface area (TPSA) is 78.9 Å². The lowest BCUT2D eigenvalue weighted by Gasteiger charge is -2.30. The van der Waals surface area contributed by atoms with Crippen LogP contribution in [0.3, 0.4) is 0 Å². The van der Waals surface area contributed by atoms with E-state index in [4.69, 9.17) is 14.2 Å². The van der Waals surface area contributed by atoms with Crippen molar-refractivity contribution in [1.82, 2.24) is 0 Å². The van der Waals surface area contributed by atoms with E-state index in [1.54, 1.807) is 13.8 Å². The third-order valence-electron chi connectivity index (χ3n) is 3.64. The number of rotatable bonds is 5. The molecule has 21 heavy (non-hydrogen) atoms. The zero-order valence-corrected chi connectivity index (χ0v) is 13.4. The molecule has 1 heterocycles. The summed E-state index contributed by atoms with van der Waals surface area (Å²) in [6.07, 6.45) is 0.747. The zero-order valence-electron chi connectivity index (χ0n) is 13.4. The predicted molar refractivity (Wildman–Crippen MR) is 74.3 cm³/mol. The molecule has 0 aromatic carbocycles. The van der Waals surface area contributed by atoms with Crippen molar-refractivity contribution in [3.63, 3.8) is 0 Å². The average Bonchev–Trinajstić information content (AvgIpc) is 2.40. The Morgan fingerprint density at radius 1 is 1.24 bits per heavy atom. The molecule has 0 spiro atoms. The van der Waals surface area contributed by atoms with E-state index in [0.717, 1.165) is 0 Å². The maximum absolute atomic E-state index is 12.1. The standard InChI is InChI=1S/C15H24O6/c1-6-14(2,3)12(17)21-15(4,5)13(18)20-10-8-7-9-19-11(10)16/h10H,6-9H2,1-5H3. The van der Waals surface area contributed by atoms with Crippen LogP contribution >= 0.6 is 0 Å². The molecule has 6 nitrogen and oxygen atoms in total. The van der Waals surface area contributed by atoms with Crippen molar-refractivity contribution < 1.29 is 28.6 Å². The molecular weight excluding hydrogens is 276 g/mol. The maximum atomic E-state index is 12.1. The largest absolute Gasteiger partial charge is 0.463 e. The third-order valence-corrected chi connectivity index (χ3v) is 3.64. The van der Waals surface area contributed by atoms with E-state index >= 15 is 0 Å². The first-order valence-electron chi connectivity index (χ1n) is 7.21. The second-order valence-corrected chi connectivity index (χ2v) is 6.34. The van der Waals surface area contributed by atoms with Crippen molar-refractivity contribution in [1.29, 1.82) is 0 Å². The van der Waals surface area contributed by atoms with Gasteiger partial charge in [0.25, 0.3) is 0 Å². The molecule has 0 saturated carbocycles. The molecule has 1 saturated heterocycles. The maximum Gasteiger partial charge on any atom is 0.350 e. The fourth-order valence-electron chi connectivity index (χ4n) is 1.59. The molecule has 1 aliphatic heterocycles. The molecule has 0 aromatic rings. The summed E-state index contributed by atoms with van der Waals surface area (Å²) in [5, 5.41) is 0. The van der Waals surface area contributed by atoms with Gasteiger partial charge in [0.15, 0.2) is 6.10 Å². The number of hydrogen-bond acceptors (Lipinski definition) is 6. The molecule has 0 radical (unpaired) electrons. The van der Waals surface area contributed by atoms with Crippen LogP contribution in [-0.4, -0.2) is 36.2 Å². The molecule has 120 valence electrons. The summed E-state index contributed by atoms with van der Waals surface area (Å²) < 4.78 is 15.2. The van der Waals surface area contributed by atoms with Crippen LogP contribution in [0.5, 0.6) is 0 Å². The van der Waals surface area contributed by atoms with Gasteiger partial charge in [0, 0.05) is 0 Å². The first kappa shape index (κ1) is 17.5. The smallest absolute Gasteiger partial charge is 0.350 e. The number of hydrogen-bond donors (Lipinski definition) is 0. The van der Waals surface area contributed by atoms with Gasteiger partial charge in [0.2, 0.25) is 5.60 Å². The Balaban J connectivity index is 2.66. The van der Waals surface area contributed by atoms with Crippen molar-refractivity contribution in [3.05, 3.63) is 0 Å². The van der Waals surface area contributed by atoms with Gasteiger partial charge in [-0.1, -0.05) is 6.92 Å². The molecular formula is C15H24O6. The van der Waals surface area contributed by atoms with Gasteiger partial charge in [0.05, 0.1) is 12.0 Å². The second kappa shape index (κ2) is 6.45. The lowest BCUT2D eigenvalue weighted by atomic mass is 9.90. The van der Waals surface area contributed by atoms with Gasteiger partial charge < -0.3 is 14.2 Å². The quantitative estimate of drug-likeness (QED) is 0.570. The fourth-order valence-corrected chi connectivity index (χ4v) is 1.59. The molecule has 0 aromatic heterocycles. The lowest BCUT2D eigenvalue weighted by molar-refractivity contribution is -0.193. The average molecular weight is 300 g/mol. The van der Waals surface area contributed by atoms with Gasteiger partial charge in [-0.05, 0) is 47.0 Å². The highest BCUT2D eigenvalue weighted by molar-refractivity contribution is 5.86. The molecule has 0 N–H and O–H groups in total. The van der Waals surface area contributed by atoms with E-state index in [1.165, 1.54) is 13.8 Å². The van der Waals surface area contributed by atoms with Gasteiger partial charge >= 0.3 is 17.9 Å². The Morgan fingerprint density at radius 2 is 1.86 bits per heavy atom. The molecule has 6 heteroatoms. The SMILES string of the molecule is CCC(C)(C)C(=O)OC(C)(C)C(=O)OC1CCCOC1=O. The molecule has 0 bridgehead atoms. The van der Waals surface area contributed by atoms with Crippen LogP contribution in [0.15, 0.2) is 0 Å². The van der Waals surface area contributed by atoms with Crippen LogP contribution in [0, 0.1) is 5.41 Å². The van der Waals surface area contributed by atoms with Crippen LogP contribution in [0.2, 0.25) is 0 Å². The minimum atomic E-state index is -1.44. The Bertz CT molecular complexity index is 424. The van der Waals surface area contributed by atoms with E-state index < -0.39 is 35.0 Å². The van der Waals surface area contributed by atoms with E-state index in [2.05, 4.69) is 0 Å². The Hall–Kier alpha value is -1.59. The Morgan fingerprint density at radius 3 is 2.38 bits per heavy atom. The summed E-state index contributed by atoms with van der Waals surface area (Å²) in [6.45, 7) is 8.60. The van der Waals surface area contributed by atoms with Crippen molar-refractivity contribution in [2.24, 2.45) is 5.41 Å². The summed E-state index contributed by atoms with van der Waals surface area (Å²) in [5.74, 6) is -1.77. The van der Waals surface area contributed by atoms with Gasteiger partial charge in [0.1, 0.15) is 0 Å². The number of esters is 3. The molecule has 1 aliphatic rings. The van der Waals surface area contributed by atoms with Crippen molar-refractivity contribution in [2.75, 3.05) is 6.61 Å². The van der Waals surface area contributed by atoms with E-state index in [-0.39, 0.29) is 0 Å². The van der Waals surface area contributed by atoms with Gasteiger partial charge in [-0.3, -0.25) is 4.79 Å². The second-order valence-electron chi connectivity index (χ2n) is 6.34. The van der Waals surface area contributed by atoms with Crippen molar-refractivity contribution in [3.8, 4) is 0 Å². The zero-order chi connectivity index (χ0) is 16.3. The molecule has 0 amide bonds. The molecule has 1 rings (SSSR count). The summed E-state index contributed by atoms with van der Waals surface area (Å²) in [6, 6.07) is 0. The van der Waals surface area contributed by atoms with E-state index in [0.29, 0.717) is 25.9 Å². The molecule has 1 atom stereocenters. The predicted octanol–water partition coefficient (Wildman–Crippen LogP) is 1.99. The minimum Gasteiger partial charge on any atom is -0.463 e. The van der Waals surface area contributed by atoms with Gasteiger partial charge in [-0.2, -0.15) is 0 Å². The molecule has 1 fully saturated rings. The molecule has 1 unspecified atom stereocenters. The highest BCUT2D eigenvalue weighted by Gasteiger charge is 2.41. The summed E-state index contributed by atoms with van der Waals surface area (Å²) in [7, 11) is 0. The first-order valence-corrected chi connectivity index (χ1v) is 7.21. The number of carbonyl (C=O) groups excluding carboxylic acids is 3. The normalized spacial score (nSPS) is 19.7. The molecule has 0 aliphatic carbocycles. The van der Waals surface area contributed by atoms with Crippen LogP contribution in [0.1, 0.15) is 53.9 Å². The van der Waals surface area contributed by atoms with Gasteiger partial charge in [-0.25, -0.2) is 9.59 Å². The van der Waals surface area contributed by atoms with Crippen LogP contribution in [0.4, 0.5) is 0 Å². The Kier molecular flexibility index (Phi) is 5.36. The highest BCUT2D eigenvalue weighted by atomic mass is 16.6. The van der Waals surface area contributed by atoms with E-state index in [9.17, 15) is 14.4 Å². The number of carbonyl (C=O) groups is 3. The van der Waals surface area contributed by atoms with Crippen LogP contribution < -0.4 is 0 Å². The summed E-state index contributed by atoms with van der Waals surface area (Å²) in [4.78, 5) is 35.7. The van der Waals surface area contributed by atoms with Crippen molar-refractivity contribution >= 4 is 17.9 Å². The number of cyclic esters (lactones) is 1. The van der Waals surface area contributed by atoms with Crippen LogP contribution in [0.25, 0.3) is 0 Å². The third kappa shape index (κ3) is 4.44. The van der Waals surface area contributed by atoms with Crippen LogP contribution in [-0.2, 0) is 28.6 Å². The lowest BCUT2D eigenvalue weighted by Crippen LogP contribution is -2.45. The fraction of sp³-hybridized carbons (Fsp3) is 0.800. The summed E-state index contributed by atoms with van der Waals surface area (Å²) in [5.41, 5.74) is -2.12.